The topological polar surface area (TPSA) is 102 Å². The summed E-state index contributed by atoms with van der Waals surface area (Å²) >= 11 is 0. The summed E-state index contributed by atoms with van der Waals surface area (Å²) in [4.78, 5) is 23.9. The van der Waals surface area contributed by atoms with Crippen molar-refractivity contribution in [2.75, 3.05) is 6.61 Å². The van der Waals surface area contributed by atoms with Crippen molar-refractivity contribution in [1.29, 1.82) is 0 Å². The van der Waals surface area contributed by atoms with Gasteiger partial charge in [-0.2, -0.15) is 0 Å². The van der Waals surface area contributed by atoms with Gasteiger partial charge in [0.1, 0.15) is 6.61 Å². The van der Waals surface area contributed by atoms with E-state index in [4.69, 9.17) is 10.5 Å². The molecule has 0 spiro atoms. The molecule has 9 atom stereocenters. The maximum absolute atomic E-state index is 12.3. The van der Waals surface area contributed by atoms with Crippen LogP contribution in [0.15, 0.2) is 11.6 Å². The minimum Gasteiger partial charge on any atom is -0.458 e. The molecule has 1 aliphatic heterocycles. The fourth-order valence-corrected chi connectivity index (χ4v) is 8.87. The maximum atomic E-state index is 12.3. The monoisotopic (exact) mass is 444 g/mol. The summed E-state index contributed by atoms with van der Waals surface area (Å²) in [5, 5.41) is 15.4. The van der Waals surface area contributed by atoms with Crippen LogP contribution in [0.5, 0.6) is 0 Å². The number of rotatable bonds is 3. The molecule has 4 saturated carbocycles. The van der Waals surface area contributed by atoms with Crippen molar-refractivity contribution in [3.8, 4) is 0 Å². The highest BCUT2D eigenvalue weighted by Crippen LogP contribution is 2.69. The Morgan fingerprint density at radius 1 is 1.16 bits per heavy atom. The van der Waals surface area contributed by atoms with E-state index in [0.29, 0.717) is 24.4 Å². The van der Waals surface area contributed by atoms with E-state index in [1.54, 1.807) is 13.0 Å². The number of ether oxygens (including phenoxy) is 1. The molecular weight excluding hydrogens is 404 g/mol. The molecule has 6 heteroatoms. The fourth-order valence-electron chi connectivity index (χ4n) is 8.87. The third-order valence-electron chi connectivity index (χ3n) is 10.7. The Morgan fingerprint density at radius 3 is 2.62 bits per heavy atom. The SMILES string of the molecule is CC(N)C(=O)N[C@H]1CC[C@@]2(C)[C@H](CC[C@@H]3[C@@H]2CC[C@]2(C)[C@@H](C4=CC(=O)OC4)CC[C@]32O)C1. The Kier molecular flexibility index (Phi) is 5.29. The molecule has 1 heterocycles. The van der Waals surface area contributed by atoms with E-state index >= 15 is 0 Å². The average molecular weight is 445 g/mol. The van der Waals surface area contributed by atoms with E-state index in [2.05, 4.69) is 19.2 Å². The molecule has 1 unspecified atom stereocenters. The lowest BCUT2D eigenvalue weighted by Gasteiger charge is -2.64. The number of amides is 1. The molecule has 178 valence electrons. The largest absolute Gasteiger partial charge is 0.458 e. The zero-order valence-electron chi connectivity index (χ0n) is 19.9. The molecule has 4 N–H and O–H groups in total. The second kappa shape index (κ2) is 7.56. The average Bonchev–Trinajstić information content (AvgIpc) is 3.28. The van der Waals surface area contributed by atoms with Gasteiger partial charge in [-0.25, -0.2) is 4.79 Å². The lowest BCUT2D eigenvalue weighted by Crippen LogP contribution is -2.63. The van der Waals surface area contributed by atoms with Crippen molar-refractivity contribution in [3.63, 3.8) is 0 Å². The maximum Gasteiger partial charge on any atom is 0.331 e. The molecule has 1 amide bonds. The predicted octanol–water partition coefficient (Wildman–Crippen LogP) is 3.08. The molecule has 0 aromatic heterocycles. The van der Waals surface area contributed by atoms with E-state index in [0.717, 1.165) is 63.4 Å². The molecule has 0 aromatic carbocycles. The van der Waals surface area contributed by atoms with Crippen molar-refractivity contribution in [2.45, 2.75) is 96.2 Å². The van der Waals surface area contributed by atoms with Crippen molar-refractivity contribution in [1.82, 2.24) is 5.32 Å². The number of carbonyl (C=O) groups excluding carboxylic acids is 2. The summed E-state index contributed by atoms with van der Waals surface area (Å²) in [6.45, 7) is 6.88. The van der Waals surface area contributed by atoms with Crippen LogP contribution in [0.25, 0.3) is 0 Å². The smallest absolute Gasteiger partial charge is 0.331 e. The van der Waals surface area contributed by atoms with Gasteiger partial charge >= 0.3 is 5.97 Å². The first-order valence-corrected chi connectivity index (χ1v) is 12.7. The summed E-state index contributed by atoms with van der Waals surface area (Å²) in [7, 11) is 0. The molecular formula is C26H40N2O4. The zero-order chi connectivity index (χ0) is 22.9. The summed E-state index contributed by atoms with van der Waals surface area (Å²) in [6.07, 6.45) is 10.9. The number of aliphatic hydroxyl groups is 1. The molecule has 0 saturated heterocycles. The van der Waals surface area contributed by atoms with Crippen LogP contribution in [0.1, 0.15) is 78.6 Å². The standard InChI is InChI=1S/C26H40N2O4/c1-15(27)23(30)28-18-6-9-24(2)17(13-18)4-5-21-20(24)7-10-25(3)19(8-11-26(21,25)31)16-12-22(29)32-14-16/h12,15,17-21,31H,4-11,13-14,27H2,1-3H3,(H,28,30)/t15?,17-,18+,19-,20+,21-,24+,25-,26+/m1/s1. The fraction of sp³-hybridized carbons (Fsp3) is 0.846. The normalized spacial score (nSPS) is 48.7. The third-order valence-corrected chi connectivity index (χ3v) is 10.7. The quantitative estimate of drug-likeness (QED) is 0.581. The molecule has 0 bridgehead atoms. The van der Waals surface area contributed by atoms with E-state index in [1.165, 1.54) is 0 Å². The number of nitrogens with one attached hydrogen (secondary N) is 1. The number of nitrogens with two attached hydrogens (primary N) is 1. The highest BCUT2D eigenvalue weighted by Gasteiger charge is 2.67. The summed E-state index contributed by atoms with van der Waals surface area (Å²) in [5.74, 6) is 1.41. The molecule has 4 aliphatic carbocycles. The first kappa shape index (κ1) is 22.4. The minimum atomic E-state index is -0.666. The van der Waals surface area contributed by atoms with E-state index in [-0.39, 0.29) is 34.7 Å². The summed E-state index contributed by atoms with van der Waals surface area (Å²) in [6, 6.07) is -0.238. The predicted molar refractivity (Wildman–Crippen MR) is 121 cm³/mol. The van der Waals surface area contributed by atoms with Crippen LogP contribution < -0.4 is 11.1 Å². The van der Waals surface area contributed by atoms with E-state index < -0.39 is 11.6 Å². The Labute approximate surface area is 191 Å². The molecule has 4 fully saturated rings. The zero-order valence-corrected chi connectivity index (χ0v) is 19.9. The van der Waals surface area contributed by atoms with Crippen molar-refractivity contribution >= 4 is 11.9 Å². The van der Waals surface area contributed by atoms with Crippen molar-refractivity contribution < 1.29 is 19.4 Å². The number of cyclic esters (lactones) is 1. The number of carbonyl (C=O) groups is 2. The van der Waals surface area contributed by atoms with Gasteiger partial charge in [-0.05, 0) is 99.4 Å². The van der Waals surface area contributed by atoms with Crippen LogP contribution >= 0.6 is 0 Å². The van der Waals surface area contributed by atoms with Gasteiger partial charge in [0.2, 0.25) is 5.91 Å². The van der Waals surface area contributed by atoms with E-state index in [9.17, 15) is 14.7 Å². The summed E-state index contributed by atoms with van der Waals surface area (Å²) in [5.41, 5.74) is 6.24. The van der Waals surface area contributed by atoms with Gasteiger partial charge in [0.05, 0.1) is 11.6 Å². The molecule has 32 heavy (non-hydrogen) atoms. The van der Waals surface area contributed by atoms with Crippen LogP contribution in [0.2, 0.25) is 0 Å². The number of hydrogen-bond donors (Lipinski definition) is 3. The molecule has 5 rings (SSSR count). The van der Waals surface area contributed by atoms with Gasteiger partial charge in [0, 0.05) is 17.5 Å². The minimum absolute atomic E-state index is 0.0456. The molecule has 0 aromatic rings. The highest BCUT2D eigenvalue weighted by atomic mass is 16.5. The molecule has 6 nitrogen and oxygen atoms in total. The van der Waals surface area contributed by atoms with Crippen LogP contribution in [0.3, 0.4) is 0 Å². The number of esters is 1. The van der Waals surface area contributed by atoms with Gasteiger partial charge < -0.3 is 20.9 Å². The van der Waals surface area contributed by atoms with Crippen LogP contribution in [-0.2, 0) is 14.3 Å². The van der Waals surface area contributed by atoms with Crippen LogP contribution in [0, 0.1) is 34.5 Å². The first-order valence-electron chi connectivity index (χ1n) is 12.7. The Morgan fingerprint density at radius 2 is 1.94 bits per heavy atom. The third kappa shape index (κ3) is 3.12. The Bertz CT molecular complexity index is 840. The van der Waals surface area contributed by atoms with Gasteiger partial charge in [-0.1, -0.05) is 13.8 Å². The second-order valence-electron chi connectivity index (χ2n) is 12.1. The van der Waals surface area contributed by atoms with Crippen LogP contribution in [0.4, 0.5) is 0 Å². The van der Waals surface area contributed by atoms with Gasteiger partial charge in [0.15, 0.2) is 0 Å². The first-order chi connectivity index (χ1) is 15.1. The summed E-state index contributed by atoms with van der Waals surface area (Å²) < 4.78 is 5.23. The van der Waals surface area contributed by atoms with E-state index in [1.807, 2.05) is 0 Å². The molecule has 0 radical (unpaired) electrons. The lowest BCUT2D eigenvalue weighted by molar-refractivity contribution is -0.205. The molecule has 5 aliphatic rings. The lowest BCUT2D eigenvalue weighted by atomic mass is 9.43. The van der Waals surface area contributed by atoms with Gasteiger partial charge in [-0.15, -0.1) is 0 Å². The van der Waals surface area contributed by atoms with Crippen LogP contribution in [-0.4, -0.2) is 41.3 Å². The van der Waals surface area contributed by atoms with Gasteiger partial charge in [-0.3, -0.25) is 4.79 Å². The Hall–Kier alpha value is -1.40. The van der Waals surface area contributed by atoms with Gasteiger partial charge in [0.25, 0.3) is 0 Å². The van der Waals surface area contributed by atoms with Crippen molar-refractivity contribution in [2.24, 2.45) is 40.2 Å². The number of fused-ring (bicyclic) bond motifs is 5. The second-order valence-corrected chi connectivity index (χ2v) is 12.1. The Balaban J connectivity index is 1.35. The van der Waals surface area contributed by atoms with Crippen molar-refractivity contribution in [3.05, 3.63) is 11.6 Å². The number of hydrogen-bond acceptors (Lipinski definition) is 5. The highest BCUT2D eigenvalue weighted by molar-refractivity contribution is 5.85.